The highest BCUT2D eigenvalue weighted by molar-refractivity contribution is 5.94. The number of nitrogens with zero attached hydrogens (tertiary/aromatic N) is 1. The van der Waals surface area contributed by atoms with Gasteiger partial charge in [-0.05, 0) is 44.5 Å². The quantitative estimate of drug-likeness (QED) is 0.769. The van der Waals surface area contributed by atoms with E-state index in [9.17, 15) is 4.79 Å². The van der Waals surface area contributed by atoms with Gasteiger partial charge in [-0.1, -0.05) is 0 Å². The molecule has 1 N–H and O–H groups in total. The van der Waals surface area contributed by atoms with Crippen molar-refractivity contribution in [1.82, 2.24) is 4.90 Å². The average Bonchev–Trinajstić information content (AvgIpc) is 2.43. The molecule has 0 spiro atoms. The summed E-state index contributed by atoms with van der Waals surface area (Å²) in [6.07, 6.45) is 0. The second kappa shape index (κ2) is 7.79. The Morgan fingerprint density at radius 3 is 2.63 bits per heavy atom. The number of likely N-dealkylation sites (N-methyl/N-ethyl adjacent to an activating group) is 1. The van der Waals surface area contributed by atoms with E-state index in [1.54, 1.807) is 0 Å². The Morgan fingerprint density at radius 2 is 2.11 bits per heavy atom. The van der Waals surface area contributed by atoms with Crippen LogP contribution < -0.4 is 5.32 Å². The zero-order valence-corrected chi connectivity index (χ0v) is 12.3. The molecule has 1 amide bonds. The first-order valence-corrected chi connectivity index (χ1v) is 6.79. The van der Waals surface area contributed by atoms with Crippen LogP contribution in [0.5, 0.6) is 0 Å². The maximum atomic E-state index is 12.4. The lowest BCUT2D eigenvalue weighted by molar-refractivity contribution is 0.0669. The van der Waals surface area contributed by atoms with Crippen molar-refractivity contribution >= 4 is 11.6 Å². The Balaban J connectivity index is 2.76. The summed E-state index contributed by atoms with van der Waals surface area (Å²) in [5, 5.41) is 3.10. The van der Waals surface area contributed by atoms with Gasteiger partial charge in [0.1, 0.15) is 0 Å². The molecule has 0 unspecified atom stereocenters. The number of hydrogen-bond acceptors (Lipinski definition) is 3. The van der Waals surface area contributed by atoms with E-state index in [4.69, 9.17) is 4.74 Å². The van der Waals surface area contributed by atoms with Crippen molar-refractivity contribution in [3.8, 4) is 0 Å². The standard InChI is InChI=1S/C15H24N2O2/c1-5-17(9-10-19-6-2)15(18)13-7-8-14(16-4)12(3)11-13/h7-8,11,16H,5-6,9-10H2,1-4H3. The van der Waals surface area contributed by atoms with Gasteiger partial charge in [0, 0.05) is 38.0 Å². The van der Waals surface area contributed by atoms with E-state index >= 15 is 0 Å². The molecule has 1 rings (SSSR count). The van der Waals surface area contributed by atoms with E-state index in [0.29, 0.717) is 26.3 Å². The molecule has 0 atom stereocenters. The van der Waals surface area contributed by atoms with Crippen LogP contribution in [0.25, 0.3) is 0 Å². The van der Waals surface area contributed by atoms with Crippen LogP contribution in [-0.2, 0) is 4.74 Å². The topological polar surface area (TPSA) is 41.6 Å². The maximum absolute atomic E-state index is 12.4. The van der Waals surface area contributed by atoms with Crippen LogP contribution in [0.15, 0.2) is 18.2 Å². The van der Waals surface area contributed by atoms with Gasteiger partial charge in [0.15, 0.2) is 0 Å². The van der Waals surface area contributed by atoms with Crippen molar-refractivity contribution in [3.63, 3.8) is 0 Å². The van der Waals surface area contributed by atoms with E-state index in [0.717, 1.165) is 16.8 Å². The monoisotopic (exact) mass is 264 g/mol. The molecule has 0 radical (unpaired) electrons. The second-order valence-corrected chi connectivity index (χ2v) is 4.36. The third kappa shape index (κ3) is 4.24. The van der Waals surface area contributed by atoms with Crippen LogP contribution in [0.1, 0.15) is 29.8 Å². The van der Waals surface area contributed by atoms with Gasteiger partial charge in [-0.2, -0.15) is 0 Å². The van der Waals surface area contributed by atoms with Crippen molar-refractivity contribution in [1.29, 1.82) is 0 Å². The first kappa shape index (κ1) is 15.5. The number of aryl methyl sites for hydroxylation is 1. The molecule has 4 nitrogen and oxygen atoms in total. The number of rotatable bonds is 7. The molecular formula is C15H24N2O2. The Hall–Kier alpha value is -1.55. The summed E-state index contributed by atoms with van der Waals surface area (Å²) in [6.45, 7) is 8.54. The lowest BCUT2D eigenvalue weighted by Gasteiger charge is -2.21. The molecule has 1 aromatic rings. The number of hydrogen-bond donors (Lipinski definition) is 1. The Kier molecular flexibility index (Phi) is 6.36. The number of amides is 1. The van der Waals surface area contributed by atoms with Crippen LogP contribution in [0.2, 0.25) is 0 Å². The lowest BCUT2D eigenvalue weighted by Crippen LogP contribution is -2.33. The molecule has 0 aliphatic heterocycles. The molecule has 0 saturated carbocycles. The van der Waals surface area contributed by atoms with Gasteiger partial charge < -0.3 is 15.0 Å². The average molecular weight is 264 g/mol. The molecule has 0 aliphatic rings. The Labute approximate surface area is 115 Å². The van der Waals surface area contributed by atoms with Gasteiger partial charge in [-0.25, -0.2) is 0 Å². The smallest absolute Gasteiger partial charge is 0.253 e. The fraction of sp³-hybridized carbons (Fsp3) is 0.533. The third-order valence-electron chi connectivity index (χ3n) is 3.12. The van der Waals surface area contributed by atoms with Gasteiger partial charge in [0.25, 0.3) is 5.91 Å². The highest BCUT2D eigenvalue weighted by Crippen LogP contribution is 2.17. The van der Waals surface area contributed by atoms with E-state index in [2.05, 4.69) is 5.32 Å². The minimum absolute atomic E-state index is 0.0629. The summed E-state index contributed by atoms with van der Waals surface area (Å²) < 4.78 is 5.31. The Bertz CT molecular complexity index is 419. The van der Waals surface area contributed by atoms with Crippen LogP contribution in [0.3, 0.4) is 0 Å². The minimum atomic E-state index is 0.0629. The molecule has 0 heterocycles. The fourth-order valence-electron chi connectivity index (χ4n) is 1.98. The number of carbonyl (C=O) groups is 1. The molecule has 0 saturated heterocycles. The molecule has 106 valence electrons. The molecule has 0 aliphatic carbocycles. The summed E-state index contributed by atoms with van der Waals surface area (Å²) in [5.41, 5.74) is 2.86. The number of carbonyl (C=O) groups excluding carboxylic acids is 1. The van der Waals surface area contributed by atoms with Crippen LogP contribution in [0, 0.1) is 6.92 Å². The third-order valence-corrected chi connectivity index (χ3v) is 3.12. The van der Waals surface area contributed by atoms with Gasteiger partial charge in [0.05, 0.1) is 6.61 Å². The molecule has 19 heavy (non-hydrogen) atoms. The van der Waals surface area contributed by atoms with E-state index in [1.165, 1.54) is 0 Å². The summed E-state index contributed by atoms with van der Waals surface area (Å²) in [6, 6.07) is 5.74. The SMILES string of the molecule is CCOCCN(CC)C(=O)c1ccc(NC)c(C)c1. The summed E-state index contributed by atoms with van der Waals surface area (Å²) in [5.74, 6) is 0.0629. The predicted octanol–water partition coefficient (Wildman–Crippen LogP) is 2.54. The lowest BCUT2D eigenvalue weighted by atomic mass is 10.1. The first-order valence-electron chi connectivity index (χ1n) is 6.79. The zero-order valence-electron chi connectivity index (χ0n) is 12.3. The van der Waals surface area contributed by atoms with Crippen molar-refractivity contribution in [3.05, 3.63) is 29.3 Å². The largest absolute Gasteiger partial charge is 0.388 e. The number of nitrogens with one attached hydrogen (secondary N) is 1. The molecular weight excluding hydrogens is 240 g/mol. The van der Waals surface area contributed by atoms with Crippen molar-refractivity contribution in [2.24, 2.45) is 0 Å². The minimum Gasteiger partial charge on any atom is -0.388 e. The van der Waals surface area contributed by atoms with E-state index in [-0.39, 0.29) is 5.91 Å². The number of benzene rings is 1. The number of anilines is 1. The predicted molar refractivity (Wildman–Crippen MR) is 78.8 cm³/mol. The molecule has 0 fully saturated rings. The molecule has 0 bridgehead atoms. The van der Waals surface area contributed by atoms with Gasteiger partial charge in [-0.15, -0.1) is 0 Å². The van der Waals surface area contributed by atoms with Crippen LogP contribution in [-0.4, -0.2) is 44.2 Å². The second-order valence-electron chi connectivity index (χ2n) is 4.36. The van der Waals surface area contributed by atoms with Crippen molar-refractivity contribution in [2.45, 2.75) is 20.8 Å². The highest BCUT2D eigenvalue weighted by Gasteiger charge is 2.14. The number of ether oxygens (including phenoxy) is 1. The van der Waals surface area contributed by atoms with Gasteiger partial charge in [-0.3, -0.25) is 4.79 Å². The maximum Gasteiger partial charge on any atom is 0.253 e. The first-order chi connectivity index (χ1) is 9.13. The molecule has 4 heteroatoms. The summed E-state index contributed by atoms with van der Waals surface area (Å²) in [4.78, 5) is 14.2. The van der Waals surface area contributed by atoms with E-state index < -0.39 is 0 Å². The van der Waals surface area contributed by atoms with Crippen LogP contribution in [0.4, 0.5) is 5.69 Å². The molecule has 0 aromatic heterocycles. The normalized spacial score (nSPS) is 10.3. The summed E-state index contributed by atoms with van der Waals surface area (Å²) >= 11 is 0. The fourth-order valence-corrected chi connectivity index (χ4v) is 1.98. The van der Waals surface area contributed by atoms with E-state index in [1.807, 2.05) is 50.9 Å². The zero-order chi connectivity index (χ0) is 14.3. The molecule has 1 aromatic carbocycles. The van der Waals surface area contributed by atoms with Crippen molar-refractivity contribution in [2.75, 3.05) is 38.7 Å². The van der Waals surface area contributed by atoms with Crippen molar-refractivity contribution < 1.29 is 9.53 Å². The summed E-state index contributed by atoms with van der Waals surface area (Å²) in [7, 11) is 1.88. The van der Waals surface area contributed by atoms with Gasteiger partial charge >= 0.3 is 0 Å². The Morgan fingerprint density at radius 1 is 1.37 bits per heavy atom. The highest BCUT2D eigenvalue weighted by atomic mass is 16.5. The van der Waals surface area contributed by atoms with Gasteiger partial charge in [0.2, 0.25) is 0 Å². The van der Waals surface area contributed by atoms with Crippen LogP contribution >= 0.6 is 0 Å².